The number of hydrogen-bond donors (Lipinski definition) is 1. The van der Waals surface area contributed by atoms with Crippen molar-refractivity contribution in [3.8, 4) is 5.75 Å². The molecule has 1 unspecified atom stereocenters. The summed E-state index contributed by atoms with van der Waals surface area (Å²) in [5.74, 6) is 0.819. The van der Waals surface area contributed by atoms with E-state index in [0.29, 0.717) is 0 Å². The highest BCUT2D eigenvalue weighted by Crippen LogP contribution is 2.24. The van der Waals surface area contributed by atoms with Crippen LogP contribution in [0, 0.1) is 6.92 Å². The Morgan fingerprint density at radius 2 is 2.18 bits per heavy atom. The maximum absolute atomic E-state index is 6.25. The van der Waals surface area contributed by atoms with Gasteiger partial charge in [0.2, 0.25) is 0 Å². The van der Waals surface area contributed by atoms with Crippen LogP contribution in [-0.2, 0) is 7.05 Å². The highest BCUT2D eigenvalue weighted by Gasteiger charge is 2.14. The van der Waals surface area contributed by atoms with Crippen LogP contribution in [0.15, 0.2) is 30.5 Å². The fourth-order valence-corrected chi connectivity index (χ4v) is 1.94. The third-order valence-corrected chi connectivity index (χ3v) is 2.84. The van der Waals surface area contributed by atoms with E-state index in [1.54, 1.807) is 11.8 Å². The maximum atomic E-state index is 6.25. The first-order valence-corrected chi connectivity index (χ1v) is 5.51. The number of benzene rings is 1. The number of rotatable bonds is 3. The van der Waals surface area contributed by atoms with Gasteiger partial charge in [0.15, 0.2) is 0 Å². The number of methoxy groups -OCH3 is 1. The summed E-state index contributed by atoms with van der Waals surface area (Å²) >= 11 is 0. The minimum absolute atomic E-state index is 0.168. The normalized spacial score (nSPS) is 12.5. The van der Waals surface area contributed by atoms with Gasteiger partial charge in [-0.25, -0.2) is 0 Å². The molecule has 0 saturated carbocycles. The predicted octanol–water partition coefficient (Wildman–Crippen LogP) is 1.79. The van der Waals surface area contributed by atoms with Crippen molar-refractivity contribution in [2.75, 3.05) is 7.11 Å². The fraction of sp³-hybridized carbons (Fsp3) is 0.308. The summed E-state index contributed by atoms with van der Waals surface area (Å²) in [7, 11) is 3.55. The molecule has 4 heteroatoms. The van der Waals surface area contributed by atoms with Gasteiger partial charge in [0.25, 0.3) is 0 Å². The van der Waals surface area contributed by atoms with E-state index in [9.17, 15) is 0 Å². The fourth-order valence-electron chi connectivity index (χ4n) is 1.94. The van der Waals surface area contributed by atoms with Crippen LogP contribution in [0.2, 0.25) is 0 Å². The zero-order valence-corrected chi connectivity index (χ0v) is 10.3. The Morgan fingerprint density at radius 3 is 2.76 bits per heavy atom. The Kier molecular flexibility index (Phi) is 3.15. The topological polar surface area (TPSA) is 53.1 Å². The molecule has 2 N–H and O–H groups in total. The standard InChI is InChI=1S/C13H17N3O/c1-9-12(8-16(2)15-9)13(14)10-5-4-6-11(7-10)17-3/h4-8,13H,14H2,1-3H3. The molecule has 0 aliphatic heterocycles. The Hall–Kier alpha value is -1.81. The zero-order valence-electron chi connectivity index (χ0n) is 10.3. The summed E-state index contributed by atoms with van der Waals surface area (Å²) in [6, 6.07) is 7.64. The van der Waals surface area contributed by atoms with Crippen molar-refractivity contribution in [2.45, 2.75) is 13.0 Å². The largest absolute Gasteiger partial charge is 0.497 e. The SMILES string of the molecule is COc1cccc(C(N)c2cn(C)nc2C)c1. The van der Waals surface area contributed by atoms with Gasteiger partial charge in [-0.3, -0.25) is 4.68 Å². The molecular formula is C13H17N3O. The number of nitrogens with two attached hydrogens (primary N) is 1. The highest BCUT2D eigenvalue weighted by molar-refractivity contribution is 5.36. The van der Waals surface area contributed by atoms with Gasteiger partial charge in [-0.15, -0.1) is 0 Å². The van der Waals surface area contributed by atoms with Gasteiger partial charge in [-0.1, -0.05) is 12.1 Å². The van der Waals surface area contributed by atoms with Crippen molar-refractivity contribution >= 4 is 0 Å². The minimum Gasteiger partial charge on any atom is -0.497 e. The smallest absolute Gasteiger partial charge is 0.119 e. The van der Waals surface area contributed by atoms with Crippen LogP contribution in [0.4, 0.5) is 0 Å². The molecule has 90 valence electrons. The second-order valence-electron chi connectivity index (χ2n) is 4.10. The summed E-state index contributed by atoms with van der Waals surface area (Å²) in [5.41, 5.74) is 9.28. The van der Waals surface area contributed by atoms with Gasteiger partial charge in [-0.2, -0.15) is 5.10 Å². The number of aromatic nitrogens is 2. The van der Waals surface area contributed by atoms with Crippen LogP contribution < -0.4 is 10.5 Å². The lowest BCUT2D eigenvalue weighted by Gasteiger charge is -2.12. The lowest BCUT2D eigenvalue weighted by molar-refractivity contribution is 0.414. The van der Waals surface area contributed by atoms with Crippen molar-refractivity contribution in [3.05, 3.63) is 47.3 Å². The molecule has 2 rings (SSSR count). The van der Waals surface area contributed by atoms with E-state index in [4.69, 9.17) is 10.5 Å². The molecule has 0 aliphatic carbocycles. The first-order valence-electron chi connectivity index (χ1n) is 5.51. The Labute approximate surface area is 101 Å². The molecular weight excluding hydrogens is 214 g/mol. The second kappa shape index (κ2) is 4.59. The molecule has 2 aromatic rings. The van der Waals surface area contributed by atoms with E-state index < -0.39 is 0 Å². The monoisotopic (exact) mass is 231 g/mol. The van der Waals surface area contributed by atoms with Crippen LogP contribution >= 0.6 is 0 Å². The molecule has 0 amide bonds. The summed E-state index contributed by atoms with van der Waals surface area (Å²) in [5, 5.41) is 4.31. The van der Waals surface area contributed by atoms with E-state index in [1.807, 2.05) is 44.4 Å². The van der Waals surface area contributed by atoms with Crippen molar-refractivity contribution in [1.82, 2.24) is 9.78 Å². The Morgan fingerprint density at radius 1 is 1.41 bits per heavy atom. The van der Waals surface area contributed by atoms with Crippen LogP contribution in [0.1, 0.15) is 22.9 Å². The molecule has 17 heavy (non-hydrogen) atoms. The highest BCUT2D eigenvalue weighted by atomic mass is 16.5. The molecule has 1 aromatic heterocycles. The van der Waals surface area contributed by atoms with E-state index in [0.717, 1.165) is 22.6 Å². The number of nitrogens with zero attached hydrogens (tertiary/aromatic N) is 2. The van der Waals surface area contributed by atoms with Crippen LogP contribution in [0.3, 0.4) is 0 Å². The predicted molar refractivity (Wildman–Crippen MR) is 67.0 cm³/mol. The van der Waals surface area contributed by atoms with Gasteiger partial charge >= 0.3 is 0 Å². The molecule has 0 fully saturated rings. The quantitative estimate of drug-likeness (QED) is 0.876. The van der Waals surface area contributed by atoms with Gasteiger partial charge in [0.1, 0.15) is 5.75 Å². The van der Waals surface area contributed by atoms with E-state index in [2.05, 4.69) is 5.10 Å². The molecule has 1 atom stereocenters. The molecule has 0 spiro atoms. The number of ether oxygens (including phenoxy) is 1. The minimum atomic E-state index is -0.168. The molecule has 1 heterocycles. The molecule has 4 nitrogen and oxygen atoms in total. The second-order valence-corrected chi connectivity index (χ2v) is 4.10. The van der Waals surface area contributed by atoms with Crippen molar-refractivity contribution in [1.29, 1.82) is 0 Å². The van der Waals surface area contributed by atoms with E-state index >= 15 is 0 Å². The van der Waals surface area contributed by atoms with Gasteiger partial charge in [-0.05, 0) is 24.6 Å². The third-order valence-electron chi connectivity index (χ3n) is 2.84. The molecule has 0 saturated heterocycles. The summed E-state index contributed by atoms with van der Waals surface area (Å²) in [6.45, 7) is 1.97. The number of hydrogen-bond acceptors (Lipinski definition) is 3. The van der Waals surface area contributed by atoms with Crippen molar-refractivity contribution in [2.24, 2.45) is 12.8 Å². The number of aryl methyl sites for hydroxylation is 2. The molecule has 0 aliphatic rings. The third kappa shape index (κ3) is 2.31. The summed E-state index contributed by atoms with van der Waals surface area (Å²) in [4.78, 5) is 0. The average Bonchev–Trinajstić information content (AvgIpc) is 2.67. The Balaban J connectivity index is 2.36. The lowest BCUT2D eigenvalue weighted by Crippen LogP contribution is -2.12. The Bertz CT molecular complexity index is 519. The first-order chi connectivity index (χ1) is 8.11. The van der Waals surface area contributed by atoms with Crippen LogP contribution in [-0.4, -0.2) is 16.9 Å². The van der Waals surface area contributed by atoms with E-state index in [1.165, 1.54) is 0 Å². The van der Waals surface area contributed by atoms with Gasteiger partial charge in [0, 0.05) is 18.8 Å². The van der Waals surface area contributed by atoms with Gasteiger partial charge in [0.05, 0.1) is 18.8 Å². The summed E-state index contributed by atoms with van der Waals surface area (Å²) < 4.78 is 6.98. The van der Waals surface area contributed by atoms with Crippen molar-refractivity contribution < 1.29 is 4.74 Å². The van der Waals surface area contributed by atoms with E-state index in [-0.39, 0.29) is 6.04 Å². The average molecular weight is 231 g/mol. The maximum Gasteiger partial charge on any atom is 0.119 e. The van der Waals surface area contributed by atoms with Crippen LogP contribution in [0.25, 0.3) is 0 Å². The first kappa shape index (κ1) is 11.7. The molecule has 0 radical (unpaired) electrons. The summed E-state index contributed by atoms with van der Waals surface area (Å²) in [6.07, 6.45) is 1.96. The molecule has 0 bridgehead atoms. The lowest BCUT2D eigenvalue weighted by atomic mass is 10.0. The zero-order chi connectivity index (χ0) is 12.4. The van der Waals surface area contributed by atoms with Crippen molar-refractivity contribution in [3.63, 3.8) is 0 Å². The van der Waals surface area contributed by atoms with Crippen LogP contribution in [0.5, 0.6) is 5.75 Å². The molecule has 1 aromatic carbocycles. The van der Waals surface area contributed by atoms with Gasteiger partial charge < -0.3 is 10.5 Å².